The van der Waals surface area contributed by atoms with E-state index < -0.39 is 6.10 Å². The van der Waals surface area contributed by atoms with E-state index in [1.807, 2.05) is 56.3 Å². The fourth-order valence-electron chi connectivity index (χ4n) is 3.19. The highest BCUT2D eigenvalue weighted by Gasteiger charge is 2.15. The number of amides is 1. The van der Waals surface area contributed by atoms with Crippen molar-refractivity contribution in [1.29, 1.82) is 0 Å². The standard InChI is InChI=1S/C23H24N2O2/c1-15-12-16(2)21(17(3)13-15)14-24-25-23(26)18(4)27-22-11-7-9-19-8-5-6-10-20(19)22/h5-14,18H,1-4H3,(H,25,26)/b24-14-/t18-/m0/s1. The zero-order valence-electron chi connectivity index (χ0n) is 16.1. The number of nitrogens with zero attached hydrogens (tertiary/aromatic N) is 1. The molecule has 1 N–H and O–H groups in total. The van der Waals surface area contributed by atoms with Crippen molar-refractivity contribution in [3.63, 3.8) is 0 Å². The summed E-state index contributed by atoms with van der Waals surface area (Å²) < 4.78 is 5.87. The van der Waals surface area contributed by atoms with Gasteiger partial charge in [-0.2, -0.15) is 5.10 Å². The summed E-state index contributed by atoms with van der Waals surface area (Å²) in [5, 5.41) is 6.17. The molecular weight excluding hydrogens is 336 g/mol. The van der Waals surface area contributed by atoms with Crippen LogP contribution in [0.5, 0.6) is 5.75 Å². The smallest absolute Gasteiger partial charge is 0.280 e. The number of aryl methyl sites for hydroxylation is 3. The second kappa shape index (κ2) is 8.04. The fourth-order valence-corrected chi connectivity index (χ4v) is 3.19. The minimum atomic E-state index is -0.659. The van der Waals surface area contributed by atoms with Gasteiger partial charge in [0.25, 0.3) is 5.91 Å². The Labute approximate surface area is 159 Å². The van der Waals surface area contributed by atoms with Crippen molar-refractivity contribution in [3.8, 4) is 5.75 Å². The van der Waals surface area contributed by atoms with E-state index in [1.54, 1.807) is 13.1 Å². The molecule has 0 unspecified atom stereocenters. The van der Waals surface area contributed by atoms with Crippen LogP contribution in [0.3, 0.4) is 0 Å². The summed E-state index contributed by atoms with van der Waals surface area (Å²) in [6.45, 7) is 7.86. The lowest BCUT2D eigenvalue weighted by Gasteiger charge is -2.15. The van der Waals surface area contributed by atoms with Gasteiger partial charge in [0, 0.05) is 10.9 Å². The Balaban J connectivity index is 1.68. The number of nitrogens with one attached hydrogen (secondary N) is 1. The molecule has 1 amide bonds. The first kappa shape index (κ1) is 18.6. The molecule has 0 radical (unpaired) electrons. The Bertz CT molecular complexity index is 980. The van der Waals surface area contributed by atoms with Crippen molar-refractivity contribution in [2.75, 3.05) is 0 Å². The van der Waals surface area contributed by atoms with Gasteiger partial charge in [-0.05, 0) is 50.3 Å². The van der Waals surface area contributed by atoms with E-state index in [-0.39, 0.29) is 5.91 Å². The number of fused-ring (bicyclic) bond motifs is 1. The van der Waals surface area contributed by atoms with Crippen LogP contribution in [0, 0.1) is 20.8 Å². The number of hydrogen-bond acceptors (Lipinski definition) is 3. The molecule has 3 aromatic rings. The van der Waals surface area contributed by atoms with Crippen molar-refractivity contribution in [3.05, 3.63) is 76.9 Å². The van der Waals surface area contributed by atoms with Gasteiger partial charge in [-0.15, -0.1) is 0 Å². The Morgan fingerprint density at radius 2 is 1.70 bits per heavy atom. The number of benzene rings is 3. The van der Waals surface area contributed by atoms with E-state index >= 15 is 0 Å². The van der Waals surface area contributed by atoms with Crippen LogP contribution in [-0.4, -0.2) is 18.2 Å². The van der Waals surface area contributed by atoms with Crippen LogP contribution in [0.15, 0.2) is 59.7 Å². The molecule has 0 saturated carbocycles. The van der Waals surface area contributed by atoms with E-state index in [0.29, 0.717) is 5.75 Å². The normalized spacial score (nSPS) is 12.3. The van der Waals surface area contributed by atoms with E-state index in [9.17, 15) is 4.79 Å². The Hall–Kier alpha value is -3.14. The van der Waals surface area contributed by atoms with Crippen LogP contribution >= 0.6 is 0 Å². The minimum Gasteiger partial charge on any atom is -0.480 e. The van der Waals surface area contributed by atoms with Gasteiger partial charge in [0.15, 0.2) is 6.10 Å². The molecule has 0 saturated heterocycles. The molecule has 1 atom stereocenters. The summed E-state index contributed by atoms with van der Waals surface area (Å²) in [7, 11) is 0. The van der Waals surface area contributed by atoms with E-state index in [0.717, 1.165) is 27.5 Å². The molecule has 3 aromatic carbocycles. The van der Waals surface area contributed by atoms with E-state index in [1.165, 1.54) is 5.56 Å². The van der Waals surface area contributed by atoms with Crippen LogP contribution in [0.1, 0.15) is 29.2 Å². The van der Waals surface area contributed by atoms with Crippen LogP contribution in [0.2, 0.25) is 0 Å². The van der Waals surface area contributed by atoms with Gasteiger partial charge < -0.3 is 4.74 Å². The van der Waals surface area contributed by atoms with Crippen molar-refractivity contribution in [1.82, 2.24) is 5.43 Å². The van der Waals surface area contributed by atoms with Crippen LogP contribution < -0.4 is 10.2 Å². The summed E-state index contributed by atoms with van der Waals surface area (Å²) >= 11 is 0. The van der Waals surface area contributed by atoms with Gasteiger partial charge in [0.05, 0.1) is 6.21 Å². The SMILES string of the molecule is Cc1cc(C)c(/C=N\NC(=O)[C@H](C)Oc2cccc3ccccc23)c(C)c1. The Morgan fingerprint density at radius 3 is 2.44 bits per heavy atom. The number of carbonyl (C=O) groups excluding carboxylic acids is 1. The summed E-state index contributed by atoms with van der Waals surface area (Å²) in [4.78, 5) is 12.3. The highest BCUT2D eigenvalue weighted by molar-refractivity contribution is 5.89. The zero-order valence-corrected chi connectivity index (χ0v) is 16.1. The van der Waals surface area contributed by atoms with Crippen LogP contribution in [0.25, 0.3) is 10.8 Å². The van der Waals surface area contributed by atoms with Crippen molar-refractivity contribution in [2.45, 2.75) is 33.8 Å². The minimum absolute atomic E-state index is 0.290. The molecule has 0 aliphatic rings. The highest BCUT2D eigenvalue weighted by atomic mass is 16.5. The van der Waals surface area contributed by atoms with Gasteiger partial charge in [0.1, 0.15) is 5.75 Å². The van der Waals surface area contributed by atoms with Crippen molar-refractivity contribution >= 4 is 22.9 Å². The second-order valence-electron chi connectivity index (χ2n) is 6.78. The van der Waals surface area contributed by atoms with Crippen molar-refractivity contribution < 1.29 is 9.53 Å². The molecule has 4 heteroatoms. The van der Waals surface area contributed by atoms with Gasteiger partial charge in [-0.25, -0.2) is 5.43 Å². The molecule has 0 fully saturated rings. The molecule has 0 aromatic heterocycles. The summed E-state index contributed by atoms with van der Waals surface area (Å²) in [5.74, 6) is 0.395. The summed E-state index contributed by atoms with van der Waals surface area (Å²) in [5.41, 5.74) is 7.06. The summed E-state index contributed by atoms with van der Waals surface area (Å²) in [6.07, 6.45) is 1.03. The number of hydrogen-bond donors (Lipinski definition) is 1. The molecule has 4 nitrogen and oxygen atoms in total. The average molecular weight is 360 g/mol. The second-order valence-corrected chi connectivity index (χ2v) is 6.78. The van der Waals surface area contributed by atoms with E-state index in [2.05, 4.69) is 29.6 Å². The van der Waals surface area contributed by atoms with Crippen molar-refractivity contribution in [2.24, 2.45) is 5.10 Å². The third kappa shape index (κ3) is 4.34. The maximum Gasteiger partial charge on any atom is 0.280 e. The summed E-state index contributed by atoms with van der Waals surface area (Å²) in [6, 6.07) is 17.9. The predicted molar refractivity (Wildman–Crippen MR) is 110 cm³/mol. The first-order chi connectivity index (χ1) is 13.0. The molecule has 0 bridgehead atoms. The van der Waals surface area contributed by atoms with Gasteiger partial charge in [0.2, 0.25) is 0 Å². The number of hydrazone groups is 1. The number of rotatable bonds is 5. The molecule has 0 heterocycles. The lowest BCUT2D eigenvalue weighted by atomic mass is 10.0. The quantitative estimate of drug-likeness (QED) is 0.530. The predicted octanol–water partition coefficient (Wildman–Crippen LogP) is 4.68. The topological polar surface area (TPSA) is 50.7 Å². The maximum absolute atomic E-state index is 12.3. The molecule has 3 rings (SSSR count). The average Bonchev–Trinajstić information content (AvgIpc) is 2.64. The third-order valence-corrected chi connectivity index (χ3v) is 4.53. The molecule has 0 aliphatic heterocycles. The van der Waals surface area contributed by atoms with Crippen LogP contribution in [0.4, 0.5) is 0 Å². The van der Waals surface area contributed by atoms with Gasteiger partial charge in [-0.3, -0.25) is 4.79 Å². The zero-order chi connectivity index (χ0) is 19.4. The van der Waals surface area contributed by atoms with Gasteiger partial charge >= 0.3 is 0 Å². The lowest BCUT2D eigenvalue weighted by molar-refractivity contribution is -0.127. The first-order valence-corrected chi connectivity index (χ1v) is 9.01. The Kier molecular flexibility index (Phi) is 5.55. The highest BCUT2D eigenvalue weighted by Crippen LogP contribution is 2.26. The molecule has 27 heavy (non-hydrogen) atoms. The first-order valence-electron chi connectivity index (χ1n) is 9.01. The van der Waals surface area contributed by atoms with Gasteiger partial charge in [-0.1, -0.05) is 54.1 Å². The molecule has 0 aliphatic carbocycles. The molecular formula is C23H24N2O2. The van der Waals surface area contributed by atoms with E-state index in [4.69, 9.17) is 4.74 Å². The monoisotopic (exact) mass is 360 g/mol. The lowest BCUT2D eigenvalue weighted by Crippen LogP contribution is -2.33. The largest absolute Gasteiger partial charge is 0.480 e. The molecule has 0 spiro atoms. The molecule has 138 valence electrons. The number of ether oxygens (including phenoxy) is 1. The number of carbonyl (C=O) groups is 1. The fraction of sp³-hybridized carbons (Fsp3) is 0.217. The maximum atomic E-state index is 12.3. The van der Waals surface area contributed by atoms with Crippen LogP contribution in [-0.2, 0) is 4.79 Å². The third-order valence-electron chi connectivity index (χ3n) is 4.53. The Morgan fingerprint density at radius 1 is 1.04 bits per heavy atom.